The van der Waals surface area contributed by atoms with Crippen molar-refractivity contribution in [2.45, 2.75) is 30.4 Å². The predicted molar refractivity (Wildman–Crippen MR) is 104 cm³/mol. The smallest absolute Gasteiger partial charge is 0.238 e. The maximum absolute atomic E-state index is 14.4. The van der Waals surface area contributed by atoms with Gasteiger partial charge in [0.2, 0.25) is 10.0 Å². The first-order chi connectivity index (χ1) is 13.1. The maximum Gasteiger partial charge on any atom is 0.238 e. The molecule has 2 aromatic rings. The van der Waals surface area contributed by atoms with E-state index >= 15 is 0 Å². The van der Waals surface area contributed by atoms with E-state index in [1.807, 2.05) is 27.3 Å². The SMILES string of the molecule is O=S(=O)(Nc1c(F)cc(F)c(F)c1Cc1ccc(I)cc1F)C1(CCO)CC1. The van der Waals surface area contributed by atoms with E-state index in [0.29, 0.717) is 3.57 Å². The van der Waals surface area contributed by atoms with Crippen LogP contribution in [0, 0.1) is 26.8 Å². The molecule has 0 radical (unpaired) electrons. The zero-order chi connectivity index (χ0) is 20.7. The van der Waals surface area contributed by atoms with Crippen molar-refractivity contribution in [1.82, 2.24) is 0 Å². The van der Waals surface area contributed by atoms with Gasteiger partial charge in [0.05, 0.1) is 10.4 Å². The molecular formula is C18H16F4INO3S. The Hall–Kier alpha value is -1.40. The number of aliphatic hydroxyl groups is 1. The van der Waals surface area contributed by atoms with Gasteiger partial charge in [-0.1, -0.05) is 6.07 Å². The van der Waals surface area contributed by atoms with E-state index in [-0.39, 0.29) is 37.5 Å². The predicted octanol–water partition coefficient (Wildman–Crippen LogP) is 4.10. The number of anilines is 1. The number of hydrogen-bond acceptors (Lipinski definition) is 3. The van der Waals surface area contributed by atoms with E-state index in [2.05, 4.69) is 0 Å². The summed E-state index contributed by atoms with van der Waals surface area (Å²) in [4.78, 5) is 0. The summed E-state index contributed by atoms with van der Waals surface area (Å²) in [5.74, 6) is -4.96. The Bertz CT molecular complexity index is 1030. The van der Waals surface area contributed by atoms with Crippen molar-refractivity contribution in [2.75, 3.05) is 11.3 Å². The van der Waals surface area contributed by atoms with Crippen LogP contribution in [0.2, 0.25) is 0 Å². The van der Waals surface area contributed by atoms with E-state index in [9.17, 15) is 26.0 Å². The summed E-state index contributed by atoms with van der Waals surface area (Å²) in [6, 6.07) is 4.29. The van der Waals surface area contributed by atoms with Gasteiger partial charge in [0, 0.05) is 28.2 Å². The summed E-state index contributed by atoms with van der Waals surface area (Å²) in [5.41, 5.74) is -1.41. The van der Waals surface area contributed by atoms with Crippen molar-refractivity contribution in [3.63, 3.8) is 0 Å². The summed E-state index contributed by atoms with van der Waals surface area (Å²) in [6.45, 7) is -0.387. The number of nitrogens with one attached hydrogen (secondary N) is 1. The van der Waals surface area contributed by atoms with Crippen molar-refractivity contribution in [1.29, 1.82) is 0 Å². The Balaban J connectivity index is 2.05. The third-order valence-corrected chi connectivity index (χ3v) is 7.73. The summed E-state index contributed by atoms with van der Waals surface area (Å²) in [5, 5.41) is 9.09. The van der Waals surface area contributed by atoms with Gasteiger partial charge in [-0.3, -0.25) is 4.72 Å². The lowest BCUT2D eigenvalue weighted by Gasteiger charge is -2.20. The van der Waals surface area contributed by atoms with E-state index < -0.39 is 55.7 Å². The van der Waals surface area contributed by atoms with Crippen molar-refractivity contribution in [3.05, 3.63) is 62.2 Å². The summed E-state index contributed by atoms with van der Waals surface area (Å²) in [6.07, 6.45) is -0.0899. The summed E-state index contributed by atoms with van der Waals surface area (Å²) in [7, 11) is -4.18. The minimum atomic E-state index is -4.18. The molecule has 0 heterocycles. The highest BCUT2D eigenvalue weighted by atomic mass is 127. The molecule has 152 valence electrons. The normalized spacial score (nSPS) is 15.5. The summed E-state index contributed by atoms with van der Waals surface area (Å²) < 4.78 is 83.4. The molecular weight excluding hydrogens is 513 g/mol. The molecule has 0 atom stereocenters. The van der Waals surface area contributed by atoms with E-state index in [4.69, 9.17) is 5.11 Å². The van der Waals surface area contributed by atoms with Crippen LogP contribution in [0.3, 0.4) is 0 Å². The first-order valence-electron chi connectivity index (χ1n) is 8.34. The van der Waals surface area contributed by atoms with Gasteiger partial charge in [0.1, 0.15) is 5.82 Å². The van der Waals surface area contributed by atoms with Crippen LogP contribution in [-0.4, -0.2) is 24.9 Å². The Morgan fingerprint density at radius 3 is 2.32 bits per heavy atom. The molecule has 1 aliphatic carbocycles. The Morgan fingerprint density at radius 2 is 1.75 bits per heavy atom. The van der Waals surface area contributed by atoms with Gasteiger partial charge in [-0.05, 0) is 59.5 Å². The third-order valence-electron chi connectivity index (χ3n) is 4.83. The van der Waals surface area contributed by atoms with Gasteiger partial charge in [-0.2, -0.15) is 0 Å². The fourth-order valence-corrected chi connectivity index (χ4v) is 5.17. The quantitative estimate of drug-likeness (QED) is 0.323. The molecule has 0 saturated heterocycles. The molecule has 0 aromatic heterocycles. The number of sulfonamides is 1. The molecule has 2 N–H and O–H groups in total. The highest BCUT2D eigenvalue weighted by Crippen LogP contribution is 2.47. The largest absolute Gasteiger partial charge is 0.396 e. The van der Waals surface area contributed by atoms with Crippen LogP contribution < -0.4 is 4.72 Å². The van der Waals surface area contributed by atoms with Gasteiger partial charge >= 0.3 is 0 Å². The molecule has 1 aliphatic rings. The average Bonchev–Trinajstić information content (AvgIpc) is 3.39. The Kier molecular flexibility index (Phi) is 5.93. The molecule has 0 aliphatic heterocycles. The zero-order valence-corrected chi connectivity index (χ0v) is 17.4. The lowest BCUT2D eigenvalue weighted by atomic mass is 10.0. The van der Waals surface area contributed by atoms with Crippen molar-refractivity contribution in [3.8, 4) is 0 Å². The van der Waals surface area contributed by atoms with E-state index in [1.165, 1.54) is 18.2 Å². The maximum atomic E-state index is 14.4. The lowest BCUT2D eigenvalue weighted by Crippen LogP contribution is -2.31. The fourth-order valence-electron chi connectivity index (χ4n) is 3.02. The summed E-state index contributed by atoms with van der Waals surface area (Å²) >= 11 is 1.87. The first-order valence-corrected chi connectivity index (χ1v) is 10.9. The molecule has 28 heavy (non-hydrogen) atoms. The van der Waals surface area contributed by atoms with Crippen LogP contribution in [0.4, 0.5) is 23.2 Å². The fraction of sp³-hybridized carbons (Fsp3) is 0.333. The second kappa shape index (κ2) is 7.79. The third kappa shape index (κ3) is 3.99. The molecule has 4 nitrogen and oxygen atoms in total. The molecule has 0 unspecified atom stereocenters. The zero-order valence-electron chi connectivity index (χ0n) is 14.4. The average molecular weight is 529 g/mol. The standard InChI is InChI=1S/C18H16F4INO3S/c19-13-8-11(23)2-1-10(13)7-12-16(22)14(20)9-15(21)17(12)24-28(26,27)18(3-4-18)5-6-25/h1-2,8-9,24-25H,3-7H2. The van der Waals surface area contributed by atoms with Crippen LogP contribution in [0.5, 0.6) is 0 Å². The topological polar surface area (TPSA) is 66.4 Å². The second-order valence-corrected chi connectivity index (χ2v) is 10.0. The Labute approximate surface area is 173 Å². The van der Waals surface area contributed by atoms with Crippen LogP contribution >= 0.6 is 22.6 Å². The van der Waals surface area contributed by atoms with Gasteiger partial charge in [-0.15, -0.1) is 0 Å². The number of rotatable bonds is 7. The van der Waals surface area contributed by atoms with E-state index in [0.717, 1.165) is 0 Å². The lowest BCUT2D eigenvalue weighted by molar-refractivity contribution is 0.283. The van der Waals surface area contributed by atoms with Gasteiger partial charge in [0.25, 0.3) is 0 Å². The van der Waals surface area contributed by atoms with Crippen molar-refractivity contribution >= 4 is 38.3 Å². The van der Waals surface area contributed by atoms with Crippen molar-refractivity contribution < 1.29 is 31.1 Å². The number of aliphatic hydroxyl groups excluding tert-OH is 1. The number of benzene rings is 2. The van der Waals surface area contributed by atoms with Crippen molar-refractivity contribution in [2.24, 2.45) is 0 Å². The highest BCUT2D eigenvalue weighted by Gasteiger charge is 2.54. The van der Waals surface area contributed by atoms with Crippen LogP contribution in [-0.2, 0) is 16.4 Å². The molecule has 3 rings (SSSR count). The van der Waals surface area contributed by atoms with Gasteiger partial charge in [-0.25, -0.2) is 26.0 Å². The Morgan fingerprint density at radius 1 is 1.07 bits per heavy atom. The minimum absolute atomic E-state index is 0.0405. The number of hydrogen-bond donors (Lipinski definition) is 2. The molecule has 0 spiro atoms. The molecule has 10 heteroatoms. The molecule has 2 aromatic carbocycles. The van der Waals surface area contributed by atoms with Crippen LogP contribution in [0.15, 0.2) is 24.3 Å². The van der Waals surface area contributed by atoms with E-state index in [1.54, 1.807) is 0 Å². The van der Waals surface area contributed by atoms with Crippen LogP contribution in [0.25, 0.3) is 0 Å². The molecule has 0 amide bonds. The first kappa shape index (κ1) is 21.3. The number of halogens is 5. The molecule has 0 bridgehead atoms. The van der Waals surface area contributed by atoms with Crippen LogP contribution in [0.1, 0.15) is 30.4 Å². The monoisotopic (exact) mass is 529 g/mol. The van der Waals surface area contributed by atoms with Gasteiger partial charge < -0.3 is 5.11 Å². The molecule has 1 fully saturated rings. The molecule has 1 saturated carbocycles. The second-order valence-electron chi connectivity index (χ2n) is 6.68. The highest BCUT2D eigenvalue weighted by molar-refractivity contribution is 14.1. The van der Waals surface area contributed by atoms with Gasteiger partial charge in [0.15, 0.2) is 17.5 Å². The minimum Gasteiger partial charge on any atom is -0.396 e.